The van der Waals surface area contributed by atoms with E-state index in [-0.39, 0.29) is 26.1 Å². The summed E-state index contributed by atoms with van der Waals surface area (Å²) in [6, 6.07) is 0. The van der Waals surface area contributed by atoms with Crippen LogP contribution in [0.1, 0.15) is 219 Å². The van der Waals surface area contributed by atoms with E-state index < -0.39 is 32.5 Å². The maximum atomic E-state index is 12.7. The van der Waals surface area contributed by atoms with Crippen molar-refractivity contribution in [3.8, 4) is 0 Å². The quantitative estimate of drug-likeness (QED) is 0.0195. The normalized spacial score (nSPS) is 13.8. The maximum absolute atomic E-state index is 12.7. The highest BCUT2D eigenvalue weighted by atomic mass is 31.2. The number of ether oxygens (including phenoxy) is 2. The largest absolute Gasteiger partial charge is 0.756 e. The Morgan fingerprint density at radius 2 is 0.871 bits per heavy atom. The predicted molar refractivity (Wildman–Crippen MR) is 259 cm³/mol. The molecule has 0 saturated carbocycles. The number of unbranched alkanes of at least 4 members (excludes halogenated alkanes) is 24. The molecule has 0 N–H and O–H groups in total. The van der Waals surface area contributed by atoms with Gasteiger partial charge in [0.2, 0.25) is 0 Å². The Hall–Kier alpha value is -2.03. The number of phosphoric ester groups is 1. The third-order valence-electron chi connectivity index (χ3n) is 10.8. The lowest BCUT2D eigenvalue weighted by Gasteiger charge is -2.28. The molecule has 62 heavy (non-hydrogen) atoms. The highest BCUT2D eigenvalue weighted by molar-refractivity contribution is 7.45. The third kappa shape index (κ3) is 47.4. The zero-order chi connectivity index (χ0) is 45.7. The molecule has 1 unspecified atom stereocenters. The first-order valence-electron chi connectivity index (χ1n) is 25.3. The van der Waals surface area contributed by atoms with Crippen molar-refractivity contribution < 1.29 is 42.1 Å². The van der Waals surface area contributed by atoms with Crippen molar-refractivity contribution in [1.82, 2.24) is 0 Å². The predicted octanol–water partition coefficient (Wildman–Crippen LogP) is 14.4. The van der Waals surface area contributed by atoms with Gasteiger partial charge in [-0.05, 0) is 77.0 Å². The van der Waals surface area contributed by atoms with E-state index in [2.05, 4.69) is 62.5 Å². The minimum Gasteiger partial charge on any atom is -0.756 e. The first kappa shape index (κ1) is 60.0. The second kappa shape index (κ2) is 44.2. The molecule has 0 aromatic carbocycles. The highest BCUT2D eigenvalue weighted by Crippen LogP contribution is 2.38. The van der Waals surface area contributed by atoms with Gasteiger partial charge in [0.1, 0.15) is 19.8 Å². The molecule has 0 aliphatic heterocycles. The van der Waals surface area contributed by atoms with Gasteiger partial charge >= 0.3 is 11.9 Å². The Morgan fingerprint density at radius 1 is 0.500 bits per heavy atom. The molecule has 0 bridgehead atoms. The molecule has 0 radical (unpaired) electrons. The van der Waals surface area contributed by atoms with Crippen molar-refractivity contribution >= 4 is 19.8 Å². The van der Waals surface area contributed by atoms with Gasteiger partial charge in [0, 0.05) is 12.8 Å². The van der Waals surface area contributed by atoms with E-state index in [1.807, 2.05) is 21.1 Å². The average Bonchev–Trinajstić information content (AvgIpc) is 3.23. The summed E-state index contributed by atoms with van der Waals surface area (Å²) in [7, 11) is 1.15. The van der Waals surface area contributed by atoms with Crippen LogP contribution >= 0.6 is 7.82 Å². The molecule has 9 nitrogen and oxygen atoms in total. The molecule has 362 valence electrons. The average molecular weight is 894 g/mol. The van der Waals surface area contributed by atoms with Crippen LogP contribution in [0.2, 0.25) is 0 Å². The summed E-state index contributed by atoms with van der Waals surface area (Å²) in [5.74, 6) is -0.857. The fourth-order valence-corrected chi connectivity index (χ4v) is 7.56. The number of hydrogen-bond acceptors (Lipinski definition) is 8. The number of nitrogens with zero attached hydrogens (tertiary/aromatic N) is 1. The van der Waals surface area contributed by atoms with Crippen molar-refractivity contribution in [3.05, 3.63) is 48.6 Å². The molecule has 0 aromatic heterocycles. The number of hydrogen-bond donors (Lipinski definition) is 0. The Bertz CT molecular complexity index is 1190. The van der Waals surface area contributed by atoms with Crippen LogP contribution in [0.15, 0.2) is 48.6 Å². The van der Waals surface area contributed by atoms with E-state index in [0.717, 1.165) is 57.8 Å². The molecule has 0 heterocycles. The topological polar surface area (TPSA) is 111 Å². The lowest BCUT2D eigenvalue weighted by molar-refractivity contribution is -0.870. The van der Waals surface area contributed by atoms with E-state index in [9.17, 15) is 19.0 Å². The fraction of sp³-hybridized carbons (Fsp3) is 0.808. The van der Waals surface area contributed by atoms with E-state index in [4.69, 9.17) is 18.5 Å². The Labute approximate surface area is 382 Å². The molecular formula is C52H96NO8P. The SMILES string of the molecule is CCCCC/C=C\C/C=C\C/C=C\CCCCCCC(=O)OC[C@H](COP(=O)([O-])OCC[N+](C)(C)C)OC(=O)CCCCCCCCCCCCC/C=C\CCCCCCCC. The van der Waals surface area contributed by atoms with Crippen molar-refractivity contribution in [1.29, 1.82) is 0 Å². The first-order valence-corrected chi connectivity index (χ1v) is 26.8. The molecule has 2 atom stereocenters. The van der Waals surface area contributed by atoms with Gasteiger partial charge in [-0.15, -0.1) is 0 Å². The maximum Gasteiger partial charge on any atom is 0.306 e. The van der Waals surface area contributed by atoms with Gasteiger partial charge in [0.05, 0.1) is 27.7 Å². The number of carbonyl (C=O) groups is 2. The van der Waals surface area contributed by atoms with Crippen LogP contribution < -0.4 is 4.89 Å². The Morgan fingerprint density at radius 3 is 1.34 bits per heavy atom. The highest BCUT2D eigenvalue weighted by Gasteiger charge is 2.21. The summed E-state index contributed by atoms with van der Waals surface area (Å²) < 4.78 is 34.0. The smallest absolute Gasteiger partial charge is 0.306 e. The number of carbonyl (C=O) groups excluding carboxylic acids is 2. The fourth-order valence-electron chi connectivity index (χ4n) is 6.83. The van der Waals surface area contributed by atoms with Crippen molar-refractivity contribution in [3.63, 3.8) is 0 Å². The number of allylic oxidation sites excluding steroid dienone is 8. The van der Waals surface area contributed by atoms with Gasteiger partial charge in [0.15, 0.2) is 6.10 Å². The van der Waals surface area contributed by atoms with E-state index in [0.29, 0.717) is 23.9 Å². The zero-order valence-corrected chi connectivity index (χ0v) is 41.7. The van der Waals surface area contributed by atoms with Crippen molar-refractivity contribution in [2.45, 2.75) is 225 Å². The second-order valence-corrected chi connectivity index (χ2v) is 19.6. The Kier molecular flexibility index (Phi) is 42.7. The molecule has 0 amide bonds. The summed E-state index contributed by atoms with van der Waals surface area (Å²) in [6.07, 6.45) is 52.8. The van der Waals surface area contributed by atoms with Gasteiger partial charge < -0.3 is 27.9 Å². The van der Waals surface area contributed by atoms with Gasteiger partial charge in [-0.3, -0.25) is 14.2 Å². The van der Waals surface area contributed by atoms with Crippen molar-refractivity contribution in [2.24, 2.45) is 0 Å². The van der Waals surface area contributed by atoms with Crippen LogP contribution in [-0.2, 0) is 32.7 Å². The molecule has 0 spiro atoms. The summed E-state index contributed by atoms with van der Waals surface area (Å²) in [4.78, 5) is 37.7. The molecule has 10 heteroatoms. The van der Waals surface area contributed by atoms with Crippen LogP contribution in [0, 0.1) is 0 Å². The van der Waals surface area contributed by atoms with Gasteiger partial charge in [-0.2, -0.15) is 0 Å². The Balaban J connectivity index is 4.29. The molecule has 0 fully saturated rings. The van der Waals surface area contributed by atoms with E-state index in [1.54, 1.807) is 0 Å². The lowest BCUT2D eigenvalue weighted by atomic mass is 10.0. The van der Waals surface area contributed by atoms with Crippen LogP contribution in [-0.4, -0.2) is 70.0 Å². The number of rotatable bonds is 46. The van der Waals surface area contributed by atoms with Crippen LogP contribution in [0.25, 0.3) is 0 Å². The van der Waals surface area contributed by atoms with Crippen LogP contribution in [0.3, 0.4) is 0 Å². The minimum absolute atomic E-state index is 0.0355. The molecule has 0 aliphatic rings. The summed E-state index contributed by atoms with van der Waals surface area (Å²) in [5, 5.41) is 0. The third-order valence-corrected chi connectivity index (χ3v) is 11.8. The van der Waals surface area contributed by atoms with Gasteiger partial charge in [-0.1, -0.05) is 178 Å². The standard InChI is InChI=1S/C52H96NO8P/c1-6-8-10-12-14-16-18-20-22-24-25-26-27-29-31-33-35-37-39-41-43-45-52(55)61-50(49-60-62(56,57)59-47-46-53(3,4)5)48-58-51(54)44-42-40-38-36-34-32-30-28-23-21-19-17-15-13-11-9-7-2/h15,17,20-23,30,32,50H,6-14,16,18-19,24-29,31,33-49H2,1-5H3/b17-15-,22-20-,23-21-,32-30-/t50-/m1/s1. The number of likely N-dealkylation sites (N-methyl/N-ethyl adjacent to an activating group) is 1. The van der Waals surface area contributed by atoms with Gasteiger partial charge in [-0.25, -0.2) is 0 Å². The molecule has 0 saturated heterocycles. The van der Waals surface area contributed by atoms with Gasteiger partial charge in [0.25, 0.3) is 7.82 Å². The number of phosphoric acid groups is 1. The second-order valence-electron chi connectivity index (χ2n) is 18.2. The summed E-state index contributed by atoms with van der Waals surface area (Å²) in [6.45, 7) is 4.19. The van der Waals surface area contributed by atoms with Crippen LogP contribution in [0.4, 0.5) is 0 Å². The first-order chi connectivity index (χ1) is 30.0. The molecule has 0 rings (SSSR count). The van der Waals surface area contributed by atoms with Crippen LogP contribution in [0.5, 0.6) is 0 Å². The molecular weight excluding hydrogens is 798 g/mol. The monoisotopic (exact) mass is 894 g/mol. The molecule has 0 aromatic rings. The number of quaternary nitrogens is 1. The number of esters is 2. The minimum atomic E-state index is -4.64. The molecule has 0 aliphatic carbocycles. The van der Waals surface area contributed by atoms with E-state index >= 15 is 0 Å². The summed E-state index contributed by atoms with van der Waals surface area (Å²) >= 11 is 0. The summed E-state index contributed by atoms with van der Waals surface area (Å²) in [5.41, 5.74) is 0. The van der Waals surface area contributed by atoms with Crippen molar-refractivity contribution in [2.75, 3.05) is 47.5 Å². The zero-order valence-electron chi connectivity index (χ0n) is 40.8. The lowest BCUT2D eigenvalue weighted by Crippen LogP contribution is -2.37. The van der Waals surface area contributed by atoms with E-state index in [1.165, 1.54) is 122 Å².